The SMILES string of the molecule is CCn1c(CCc2ccccc2)nnc1SCC(=O)Nc1scc(-c2cc(C)ccc2C)c1C(=O)OC. The van der Waals surface area contributed by atoms with Gasteiger partial charge in [0.05, 0.1) is 12.9 Å². The molecule has 2 heterocycles. The number of ether oxygens (including phenoxy) is 1. The predicted molar refractivity (Wildman–Crippen MR) is 149 cm³/mol. The van der Waals surface area contributed by atoms with E-state index in [0.29, 0.717) is 15.7 Å². The zero-order chi connectivity index (χ0) is 26.4. The first kappa shape index (κ1) is 26.6. The Balaban J connectivity index is 1.46. The summed E-state index contributed by atoms with van der Waals surface area (Å²) in [6, 6.07) is 16.4. The summed E-state index contributed by atoms with van der Waals surface area (Å²) >= 11 is 2.66. The maximum absolute atomic E-state index is 12.9. The van der Waals surface area contributed by atoms with E-state index in [1.54, 1.807) is 0 Å². The zero-order valence-electron chi connectivity index (χ0n) is 21.4. The number of rotatable bonds is 10. The number of anilines is 1. The highest BCUT2D eigenvalue weighted by Crippen LogP contribution is 2.38. The average Bonchev–Trinajstić information content (AvgIpc) is 3.51. The first-order chi connectivity index (χ1) is 17.9. The fourth-order valence-corrected chi connectivity index (χ4v) is 5.89. The first-order valence-electron chi connectivity index (χ1n) is 12.1. The van der Waals surface area contributed by atoms with Gasteiger partial charge in [-0.2, -0.15) is 0 Å². The highest BCUT2D eigenvalue weighted by atomic mass is 32.2. The number of carbonyl (C=O) groups excluding carboxylic acids is 2. The summed E-state index contributed by atoms with van der Waals surface area (Å²) in [5.41, 5.74) is 5.47. The topological polar surface area (TPSA) is 86.1 Å². The van der Waals surface area contributed by atoms with Crippen LogP contribution in [0.4, 0.5) is 5.00 Å². The molecule has 0 radical (unpaired) electrons. The van der Waals surface area contributed by atoms with E-state index in [-0.39, 0.29) is 11.7 Å². The Hall–Kier alpha value is -3.43. The molecule has 0 aliphatic heterocycles. The van der Waals surface area contributed by atoms with E-state index in [1.807, 2.05) is 67.1 Å². The molecule has 0 unspecified atom stereocenters. The maximum atomic E-state index is 12.9. The molecule has 2 aromatic carbocycles. The molecule has 0 atom stereocenters. The third-order valence-corrected chi connectivity index (χ3v) is 7.90. The number of thioether (sulfide) groups is 1. The number of benzene rings is 2. The van der Waals surface area contributed by atoms with Crippen molar-refractivity contribution in [3.8, 4) is 11.1 Å². The van der Waals surface area contributed by atoms with Crippen molar-refractivity contribution in [1.29, 1.82) is 0 Å². The van der Waals surface area contributed by atoms with Crippen molar-refractivity contribution in [3.63, 3.8) is 0 Å². The molecule has 0 saturated heterocycles. The van der Waals surface area contributed by atoms with Crippen LogP contribution in [-0.4, -0.2) is 39.5 Å². The van der Waals surface area contributed by atoms with Gasteiger partial charge in [0.25, 0.3) is 0 Å². The van der Waals surface area contributed by atoms with E-state index < -0.39 is 5.97 Å². The molecule has 1 amide bonds. The van der Waals surface area contributed by atoms with Gasteiger partial charge in [-0.1, -0.05) is 65.9 Å². The lowest BCUT2D eigenvalue weighted by Crippen LogP contribution is -2.16. The van der Waals surface area contributed by atoms with Crippen LogP contribution in [0.5, 0.6) is 0 Å². The molecule has 192 valence electrons. The van der Waals surface area contributed by atoms with Crippen LogP contribution in [0, 0.1) is 13.8 Å². The lowest BCUT2D eigenvalue weighted by molar-refractivity contribution is -0.113. The van der Waals surface area contributed by atoms with Crippen LogP contribution in [0.25, 0.3) is 11.1 Å². The Labute approximate surface area is 225 Å². The third-order valence-electron chi connectivity index (χ3n) is 6.04. The lowest BCUT2D eigenvalue weighted by Gasteiger charge is -2.10. The number of aryl methyl sites for hydroxylation is 4. The van der Waals surface area contributed by atoms with Gasteiger partial charge in [-0.25, -0.2) is 4.79 Å². The molecule has 2 aromatic heterocycles. The van der Waals surface area contributed by atoms with Gasteiger partial charge in [0.1, 0.15) is 16.4 Å². The number of carbonyl (C=O) groups is 2. The number of aromatic nitrogens is 3. The molecule has 0 aliphatic rings. The van der Waals surface area contributed by atoms with Crippen LogP contribution in [0.15, 0.2) is 59.1 Å². The first-order valence-corrected chi connectivity index (χ1v) is 13.9. The van der Waals surface area contributed by atoms with E-state index in [4.69, 9.17) is 4.74 Å². The average molecular weight is 535 g/mol. The molecular formula is C28H30N4O3S2. The van der Waals surface area contributed by atoms with Crippen LogP contribution in [-0.2, 0) is 28.9 Å². The predicted octanol–water partition coefficient (Wildman–Crippen LogP) is 5.95. The van der Waals surface area contributed by atoms with Crippen LogP contribution >= 0.6 is 23.1 Å². The Kier molecular flexibility index (Phi) is 8.78. The molecule has 0 spiro atoms. The fraction of sp³-hybridized carbons (Fsp3) is 0.286. The van der Waals surface area contributed by atoms with Crippen molar-refractivity contribution in [2.75, 3.05) is 18.2 Å². The molecule has 0 aliphatic carbocycles. The number of nitrogens with one attached hydrogen (secondary N) is 1. The number of hydrogen-bond acceptors (Lipinski definition) is 7. The molecule has 1 N–H and O–H groups in total. The van der Waals surface area contributed by atoms with E-state index in [9.17, 15) is 9.59 Å². The van der Waals surface area contributed by atoms with Crippen molar-refractivity contribution in [3.05, 3.63) is 82.0 Å². The molecule has 0 fully saturated rings. The van der Waals surface area contributed by atoms with Gasteiger partial charge in [-0.05, 0) is 43.9 Å². The van der Waals surface area contributed by atoms with Gasteiger partial charge in [-0.3, -0.25) is 4.79 Å². The standard InChI is InChI=1S/C28H30N4O3S2/c1-5-32-23(14-13-20-9-7-6-8-10-20)30-31-28(32)37-17-24(33)29-26-25(27(34)35-4)22(16-36-26)21-15-18(2)11-12-19(21)3/h6-12,15-16H,5,13-14,17H2,1-4H3,(H,29,33). The minimum atomic E-state index is -0.478. The number of amides is 1. The van der Waals surface area contributed by atoms with Crippen LogP contribution in [0.1, 0.15) is 39.8 Å². The molecule has 7 nitrogen and oxygen atoms in total. The summed E-state index contributed by atoms with van der Waals surface area (Å²) in [4.78, 5) is 25.6. The van der Waals surface area contributed by atoms with E-state index >= 15 is 0 Å². The number of nitrogens with zero attached hydrogens (tertiary/aromatic N) is 3. The van der Waals surface area contributed by atoms with Gasteiger partial charge in [-0.15, -0.1) is 21.5 Å². The molecule has 37 heavy (non-hydrogen) atoms. The Bertz CT molecular complexity index is 1400. The van der Waals surface area contributed by atoms with E-state index in [1.165, 1.54) is 35.8 Å². The van der Waals surface area contributed by atoms with Crippen molar-refractivity contribution in [2.24, 2.45) is 0 Å². The highest BCUT2D eigenvalue weighted by Gasteiger charge is 2.23. The monoisotopic (exact) mass is 534 g/mol. The Morgan fingerprint density at radius 3 is 2.57 bits per heavy atom. The van der Waals surface area contributed by atoms with Gasteiger partial charge < -0.3 is 14.6 Å². The second-order valence-corrected chi connectivity index (χ2v) is 10.5. The van der Waals surface area contributed by atoms with Crippen molar-refractivity contribution >= 4 is 40.0 Å². The summed E-state index contributed by atoms with van der Waals surface area (Å²) in [6.45, 7) is 6.77. The number of hydrogen-bond donors (Lipinski definition) is 1. The molecular weight excluding hydrogens is 504 g/mol. The highest BCUT2D eigenvalue weighted by molar-refractivity contribution is 7.99. The van der Waals surface area contributed by atoms with Gasteiger partial charge in [0.2, 0.25) is 5.91 Å². The summed E-state index contributed by atoms with van der Waals surface area (Å²) < 4.78 is 7.10. The smallest absolute Gasteiger partial charge is 0.341 e. The van der Waals surface area contributed by atoms with Gasteiger partial charge in [0.15, 0.2) is 5.16 Å². The number of esters is 1. The maximum Gasteiger partial charge on any atom is 0.341 e. The summed E-state index contributed by atoms with van der Waals surface area (Å²) in [6.07, 6.45) is 1.65. The Morgan fingerprint density at radius 1 is 1.05 bits per heavy atom. The van der Waals surface area contributed by atoms with Crippen molar-refractivity contribution in [2.45, 2.75) is 45.3 Å². The largest absolute Gasteiger partial charge is 0.465 e. The minimum Gasteiger partial charge on any atom is -0.465 e. The van der Waals surface area contributed by atoms with Crippen molar-refractivity contribution in [1.82, 2.24) is 14.8 Å². The summed E-state index contributed by atoms with van der Waals surface area (Å²) in [5.74, 6) is 0.349. The molecule has 0 saturated carbocycles. The van der Waals surface area contributed by atoms with Crippen LogP contribution in [0.3, 0.4) is 0 Å². The Morgan fingerprint density at radius 2 is 1.84 bits per heavy atom. The minimum absolute atomic E-state index is 0.147. The zero-order valence-corrected chi connectivity index (χ0v) is 23.0. The number of methoxy groups -OCH3 is 1. The van der Waals surface area contributed by atoms with Gasteiger partial charge >= 0.3 is 5.97 Å². The molecule has 0 bridgehead atoms. The van der Waals surface area contributed by atoms with Gasteiger partial charge in [0, 0.05) is 23.9 Å². The van der Waals surface area contributed by atoms with Crippen LogP contribution < -0.4 is 5.32 Å². The summed E-state index contributed by atoms with van der Waals surface area (Å²) in [5, 5.41) is 14.7. The molecule has 4 rings (SSSR count). The third kappa shape index (κ3) is 6.29. The van der Waals surface area contributed by atoms with Crippen LogP contribution in [0.2, 0.25) is 0 Å². The lowest BCUT2D eigenvalue weighted by atomic mass is 9.97. The second kappa shape index (κ2) is 12.2. The molecule has 9 heteroatoms. The second-order valence-electron chi connectivity index (χ2n) is 8.63. The molecule has 4 aromatic rings. The summed E-state index contributed by atoms with van der Waals surface area (Å²) in [7, 11) is 1.35. The number of thiophene rings is 1. The quantitative estimate of drug-likeness (QED) is 0.200. The normalized spacial score (nSPS) is 10.9. The van der Waals surface area contributed by atoms with E-state index in [0.717, 1.165) is 47.5 Å². The fourth-order valence-electron chi connectivity index (χ4n) is 4.10. The van der Waals surface area contributed by atoms with E-state index in [2.05, 4.69) is 27.6 Å². The van der Waals surface area contributed by atoms with Crippen molar-refractivity contribution < 1.29 is 14.3 Å².